The molecule has 140 valence electrons. The highest BCUT2D eigenvalue weighted by molar-refractivity contribution is 5.79. The molecule has 0 fully saturated rings. The van der Waals surface area contributed by atoms with Crippen molar-refractivity contribution in [3.05, 3.63) is 58.1 Å². The van der Waals surface area contributed by atoms with E-state index in [4.69, 9.17) is 4.74 Å². The molecule has 2 aromatic rings. The van der Waals surface area contributed by atoms with Gasteiger partial charge in [0, 0.05) is 6.42 Å². The molecular formula is C23H30O3. The van der Waals surface area contributed by atoms with Crippen LogP contribution in [0.4, 0.5) is 0 Å². The van der Waals surface area contributed by atoms with Gasteiger partial charge in [0.25, 0.3) is 0 Å². The fraction of sp³-hybridized carbons (Fsp3) is 0.435. The van der Waals surface area contributed by atoms with Crippen molar-refractivity contribution in [1.29, 1.82) is 0 Å². The Labute approximate surface area is 157 Å². The first-order valence-electron chi connectivity index (χ1n) is 9.38. The Balaban J connectivity index is 2.18. The maximum atomic E-state index is 11.7. The molecule has 0 spiro atoms. The lowest BCUT2D eigenvalue weighted by molar-refractivity contribution is -0.121. The molecule has 3 nitrogen and oxygen atoms in total. The van der Waals surface area contributed by atoms with Gasteiger partial charge in [0.15, 0.2) is 5.78 Å². The van der Waals surface area contributed by atoms with Crippen LogP contribution in [0.3, 0.4) is 0 Å². The van der Waals surface area contributed by atoms with Crippen LogP contribution in [0.25, 0.3) is 0 Å². The van der Waals surface area contributed by atoms with Crippen molar-refractivity contribution in [1.82, 2.24) is 0 Å². The minimum absolute atomic E-state index is 0.136. The van der Waals surface area contributed by atoms with E-state index in [-0.39, 0.29) is 18.3 Å². The molecule has 0 radical (unpaired) electrons. The first kappa shape index (κ1) is 20.0. The molecule has 0 aliphatic heterocycles. The van der Waals surface area contributed by atoms with Gasteiger partial charge in [-0.1, -0.05) is 32.9 Å². The molecule has 2 rings (SSSR count). The number of aryl methyl sites for hydroxylation is 2. The summed E-state index contributed by atoms with van der Waals surface area (Å²) in [6.45, 7) is 10.5. The van der Waals surface area contributed by atoms with Crippen molar-refractivity contribution in [2.45, 2.75) is 59.8 Å². The van der Waals surface area contributed by atoms with E-state index < -0.39 is 0 Å². The lowest BCUT2D eigenvalue weighted by Crippen LogP contribution is -2.11. The van der Waals surface area contributed by atoms with Gasteiger partial charge >= 0.3 is 0 Å². The van der Waals surface area contributed by atoms with Gasteiger partial charge in [-0.15, -0.1) is 0 Å². The summed E-state index contributed by atoms with van der Waals surface area (Å²) in [5.74, 6) is 1.53. The second-order valence-electron chi connectivity index (χ2n) is 7.34. The van der Waals surface area contributed by atoms with Crippen LogP contribution < -0.4 is 4.74 Å². The molecule has 0 aliphatic carbocycles. The Kier molecular flexibility index (Phi) is 6.84. The van der Waals surface area contributed by atoms with Gasteiger partial charge in [-0.25, -0.2) is 0 Å². The zero-order chi connectivity index (χ0) is 19.3. The van der Waals surface area contributed by atoms with E-state index in [1.165, 1.54) is 11.1 Å². The van der Waals surface area contributed by atoms with Crippen LogP contribution in [-0.4, -0.2) is 17.5 Å². The number of hydrogen-bond acceptors (Lipinski definition) is 3. The number of carbonyl (C=O) groups is 1. The lowest BCUT2D eigenvalue weighted by atomic mass is 9.93. The molecule has 1 N–H and O–H groups in total. The number of carbonyl (C=O) groups excluding carboxylic acids is 1. The largest absolute Gasteiger partial charge is 0.508 e. The number of aromatic hydroxyl groups is 1. The van der Waals surface area contributed by atoms with Gasteiger partial charge in [0.1, 0.15) is 18.1 Å². The summed E-state index contributed by atoms with van der Waals surface area (Å²) < 4.78 is 5.67. The standard InChI is InChI=1S/C23H30O3/c1-6-7-19(24)14-26-20-10-16(4)22(17(5)11-20)13-18-8-9-23(25)21(12-18)15(2)3/h8-12,15,25H,6-7,13-14H2,1-5H3. The average Bonchev–Trinajstić information content (AvgIpc) is 2.57. The van der Waals surface area contributed by atoms with Gasteiger partial charge < -0.3 is 9.84 Å². The van der Waals surface area contributed by atoms with E-state index >= 15 is 0 Å². The highest BCUT2D eigenvalue weighted by Crippen LogP contribution is 2.29. The Morgan fingerprint density at radius 2 is 1.77 bits per heavy atom. The summed E-state index contributed by atoms with van der Waals surface area (Å²) in [5, 5.41) is 10.0. The third kappa shape index (κ3) is 5.10. The molecular weight excluding hydrogens is 324 g/mol. The Hall–Kier alpha value is -2.29. The molecule has 0 amide bonds. The summed E-state index contributed by atoms with van der Waals surface area (Å²) in [4.78, 5) is 11.7. The van der Waals surface area contributed by atoms with Gasteiger partial charge in [0.2, 0.25) is 0 Å². The smallest absolute Gasteiger partial charge is 0.170 e. The summed E-state index contributed by atoms with van der Waals surface area (Å²) in [6, 6.07) is 9.86. The minimum atomic E-state index is 0.136. The van der Waals surface area contributed by atoms with Gasteiger partial charge in [-0.3, -0.25) is 4.79 Å². The second-order valence-corrected chi connectivity index (χ2v) is 7.34. The van der Waals surface area contributed by atoms with Gasteiger partial charge in [-0.2, -0.15) is 0 Å². The van der Waals surface area contributed by atoms with E-state index in [1.54, 1.807) is 6.07 Å². The number of rotatable bonds is 8. The number of Topliss-reactive ketones (excluding diaryl/α,β-unsaturated/α-hetero) is 1. The third-order valence-corrected chi connectivity index (χ3v) is 4.69. The number of ketones is 1. The van der Waals surface area contributed by atoms with E-state index in [1.807, 2.05) is 25.1 Å². The molecule has 0 saturated carbocycles. The van der Waals surface area contributed by atoms with Crippen LogP contribution in [0, 0.1) is 13.8 Å². The van der Waals surface area contributed by atoms with E-state index in [2.05, 4.69) is 33.8 Å². The molecule has 0 heterocycles. The van der Waals surface area contributed by atoms with Crippen molar-refractivity contribution in [2.75, 3.05) is 6.61 Å². The predicted octanol–water partition coefficient (Wildman–Crippen LogP) is 5.47. The molecule has 0 aromatic heterocycles. The zero-order valence-corrected chi connectivity index (χ0v) is 16.6. The van der Waals surface area contributed by atoms with Crippen LogP contribution >= 0.6 is 0 Å². The lowest BCUT2D eigenvalue weighted by Gasteiger charge is -2.15. The third-order valence-electron chi connectivity index (χ3n) is 4.69. The molecule has 0 aliphatic rings. The summed E-state index contributed by atoms with van der Waals surface area (Å²) in [5.41, 5.74) is 5.73. The van der Waals surface area contributed by atoms with Crippen molar-refractivity contribution >= 4 is 5.78 Å². The number of phenolic OH excluding ortho intramolecular Hbond substituents is 1. The van der Waals surface area contributed by atoms with E-state index in [9.17, 15) is 9.90 Å². The highest BCUT2D eigenvalue weighted by atomic mass is 16.5. The maximum Gasteiger partial charge on any atom is 0.170 e. The zero-order valence-electron chi connectivity index (χ0n) is 16.6. The number of hydrogen-bond donors (Lipinski definition) is 1. The monoisotopic (exact) mass is 354 g/mol. The topological polar surface area (TPSA) is 46.5 Å². The van der Waals surface area contributed by atoms with Crippen LogP contribution in [0.2, 0.25) is 0 Å². The van der Waals surface area contributed by atoms with E-state index in [0.717, 1.165) is 35.3 Å². The Bertz CT molecular complexity index is 752. The number of benzene rings is 2. The summed E-state index contributed by atoms with van der Waals surface area (Å²) in [7, 11) is 0. The number of phenols is 1. The van der Waals surface area contributed by atoms with E-state index in [0.29, 0.717) is 12.2 Å². The first-order chi connectivity index (χ1) is 12.3. The molecule has 0 unspecified atom stereocenters. The summed E-state index contributed by atoms with van der Waals surface area (Å²) >= 11 is 0. The second kappa shape index (κ2) is 8.88. The molecule has 26 heavy (non-hydrogen) atoms. The SMILES string of the molecule is CCCC(=O)COc1cc(C)c(Cc2ccc(O)c(C(C)C)c2)c(C)c1. The Morgan fingerprint density at radius 1 is 1.12 bits per heavy atom. The van der Waals surface area contributed by atoms with Crippen molar-refractivity contribution in [2.24, 2.45) is 0 Å². The van der Waals surface area contributed by atoms with Crippen LogP contribution in [0.5, 0.6) is 11.5 Å². The van der Waals surface area contributed by atoms with Gasteiger partial charge in [-0.05, 0) is 78.6 Å². The fourth-order valence-electron chi connectivity index (χ4n) is 3.21. The summed E-state index contributed by atoms with van der Waals surface area (Å²) in [6.07, 6.45) is 2.23. The normalized spacial score (nSPS) is 11.0. The van der Waals surface area contributed by atoms with Gasteiger partial charge in [0.05, 0.1) is 0 Å². The highest BCUT2D eigenvalue weighted by Gasteiger charge is 2.11. The number of ether oxygens (including phenoxy) is 1. The van der Waals surface area contributed by atoms with Crippen molar-refractivity contribution in [3.8, 4) is 11.5 Å². The molecule has 0 atom stereocenters. The van der Waals surface area contributed by atoms with Crippen molar-refractivity contribution in [3.63, 3.8) is 0 Å². The molecule has 0 saturated heterocycles. The van der Waals surface area contributed by atoms with Crippen molar-refractivity contribution < 1.29 is 14.6 Å². The average molecular weight is 354 g/mol. The van der Waals surface area contributed by atoms with Crippen LogP contribution in [-0.2, 0) is 11.2 Å². The molecule has 3 heteroatoms. The molecule has 0 bridgehead atoms. The first-order valence-corrected chi connectivity index (χ1v) is 9.38. The molecule has 2 aromatic carbocycles. The van der Waals surface area contributed by atoms with Crippen LogP contribution in [0.1, 0.15) is 67.3 Å². The fourth-order valence-corrected chi connectivity index (χ4v) is 3.21. The predicted molar refractivity (Wildman–Crippen MR) is 106 cm³/mol. The Morgan fingerprint density at radius 3 is 2.35 bits per heavy atom. The minimum Gasteiger partial charge on any atom is -0.508 e. The maximum absolute atomic E-state index is 11.7. The van der Waals surface area contributed by atoms with Crippen LogP contribution in [0.15, 0.2) is 30.3 Å². The quantitative estimate of drug-likeness (QED) is 0.683.